The SMILES string of the molecule is CC(CCCO)NC(=O)NCc1cccc(N(C)C)c1. The van der Waals surface area contributed by atoms with Crippen molar-refractivity contribution in [3.05, 3.63) is 29.8 Å². The first-order valence-corrected chi connectivity index (χ1v) is 6.94. The molecule has 1 aromatic rings. The average Bonchev–Trinajstić information content (AvgIpc) is 2.43. The number of aliphatic hydroxyl groups is 1. The van der Waals surface area contributed by atoms with Gasteiger partial charge < -0.3 is 20.6 Å². The van der Waals surface area contributed by atoms with Crippen molar-refractivity contribution in [1.82, 2.24) is 10.6 Å². The van der Waals surface area contributed by atoms with Gasteiger partial charge in [0.2, 0.25) is 0 Å². The summed E-state index contributed by atoms with van der Waals surface area (Å²) in [6.45, 7) is 2.59. The highest BCUT2D eigenvalue weighted by molar-refractivity contribution is 5.74. The van der Waals surface area contributed by atoms with Gasteiger partial charge in [0.05, 0.1) is 0 Å². The Labute approximate surface area is 121 Å². The minimum atomic E-state index is -0.175. The highest BCUT2D eigenvalue weighted by Gasteiger charge is 2.06. The van der Waals surface area contributed by atoms with Crippen LogP contribution >= 0.6 is 0 Å². The molecule has 0 saturated heterocycles. The second-order valence-corrected chi connectivity index (χ2v) is 5.16. The molecule has 0 saturated carbocycles. The lowest BCUT2D eigenvalue weighted by molar-refractivity contribution is 0.234. The van der Waals surface area contributed by atoms with Gasteiger partial charge in [0.25, 0.3) is 0 Å². The standard InChI is InChI=1S/C15H25N3O2/c1-12(6-5-9-19)17-15(20)16-11-13-7-4-8-14(10-13)18(2)3/h4,7-8,10,12,19H,5-6,9,11H2,1-3H3,(H2,16,17,20). The number of urea groups is 1. The summed E-state index contributed by atoms with van der Waals surface area (Å²) in [5.74, 6) is 0. The fourth-order valence-electron chi connectivity index (χ4n) is 1.87. The molecule has 0 spiro atoms. The van der Waals surface area contributed by atoms with E-state index in [2.05, 4.69) is 16.7 Å². The zero-order chi connectivity index (χ0) is 15.0. The molecule has 1 rings (SSSR count). The fraction of sp³-hybridized carbons (Fsp3) is 0.533. The molecular formula is C15H25N3O2. The summed E-state index contributed by atoms with van der Waals surface area (Å²) in [5.41, 5.74) is 2.18. The Morgan fingerprint density at radius 1 is 1.40 bits per heavy atom. The number of benzene rings is 1. The average molecular weight is 279 g/mol. The van der Waals surface area contributed by atoms with Gasteiger partial charge in [-0.1, -0.05) is 12.1 Å². The van der Waals surface area contributed by atoms with E-state index in [4.69, 9.17) is 5.11 Å². The topological polar surface area (TPSA) is 64.6 Å². The zero-order valence-corrected chi connectivity index (χ0v) is 12.5. The number of rotatable bonds is 7. The largest absolute Gasteiger partial charge is 0.396 e. The summed E-state index contributed by atoms with van der Waals surface area (Å²) >= 11 is 0. The molecule has 3 N–H and O–H groups in total. The van der Waals surface area contributed by atoms with E-state index in [-0.39, 0.29) is 18.7 Å². The van der Waals surface area contributed by atoms with E-state index < -0.39 is 0 Å². The molecular weight excluding hydrogens is 254 g/mol. The molecule has 0 aliphatic heterocycles. The third kappa shape index (κ3) is 5.93. The van der Waals surface area contributed by atoms with Crippen LogP contribution in [0, 0.1) is 0 Å². The van der Waals surface area contributed by atoms with Gasteiger partial charge in [-0.15, -0.1) is 0 Å². The molecule has 0 aromatic heterocycles. The highest BCUT2D eigenvalue weighted by atomic mass is 16.3. The Balaban J connectivity index is 2.39. The normalized spacial score (nSPS) is 11.8. The predicted octanol–water partition coefficient (Wildman–Crippen LogP) is 1.71. The second kappa shape index (κ2) is 8.43. The number of nitrogens with one attached hydrogen (secondary N) is 2. The Kier molecular flexibility index (Phi) is 6.87. The quantitative estimate of drug-likeness (QED) is 0.712. The molecule has 5 heteroatoms. The van der Waals surface area contributed by atoms with Crippen molar-refractivity contribution in [2.24, 2.45) is 0 Å². The zero-order valence-electron chi connectivity index (χ0n) is 12.5. The van der Waals surface area contributed by atoms with Gasteiger partial charge in [-0.25, -0.2) is 4.79 Å². The first-order valence-electron chi connectivity index (χ1n) is 6.94. The number of amides is 2. The van der Waals surface area contributed by atoms with Crippen molar-refractivity contribution in [3.8, 4) is 0 Å². The molecule has 1 aromatic carbocycles. The van der Waals surface area contributed by atoms with E-state index in [0.29, 0.717) is 13.0 Å². The van der Waals surface area contributed by atoms with Crippen LogP contribution in [0.15, 0.2) is 24.3 Å². The summed E-state index contributed by atoms with van der Waals surface area (Å²) in [6.07, 6.45) is 1.48. The van der Waals surface area contributed by atoms with E-state index in [0.717, 1.165) is 17.7 Å². The number of hydrogen-bond donors (Lipinski definition) is 3. The predicted molar refractivity (Wildman–Crippen MR) is 81.9 cm³/mol. The van der Waals surface area contributed by atoms with E-state index >= 15 is 0 Å². The number of carbonyl (C=O) groups excluding carboxylic acids is 1. The van der Waals surface area contributed by atoms with Crippen LogP contribution in [0.4, 0.5) is 10.5 Å². The number of carbonyl (C=O) groups is 1. The van der Waals surface area contributed by atoms with Gasteiger partial charge in [-0.2, -0.15) is 0 Å². The lowest BCUT2D eigenvalue weighted by Crippen LogP contribution is -2.40. The molecule has 1 atom stereocenters. The van der Waals surface area contributed by atoms with Gasteiger partial charge in [-0.3, -0.25) is 0 Å². The third-order valence-electron chi connectivity index (χ3n) is 3.05. The number of aliphatic hydroxyl groups excluding tert-OH is 1. The van der Waals surface area contributed by atoms with Gasteiger partial charge in [0.1, 0.15) is 0 Å². The van der Waals surface area contributed by atoms with Crippen LogP contribution in [-0.4, -0.2) is 37.9 Å². The molecule has 5 nitrogen and oxygen atoms in total. The third-order valence-corrected chi connectivity index (χ3v) is 3.05. The van der Waals surface area contributed by atoms with Crippen LogP contribution in [-0.2, 0) is 6.54 Å². The molecule has 0 aliphatic rings. The number of anilines is 1. The van der Waals surface area contributed by atoms with Crippen molar-refractivity contribution >= 4 is 11.7 Å². The van der Waals surface area contributed by atoms with Crippen molar-refractivity contribution in [3.63, 3.8) is 0 Å². The van der Waals surface area contributed by atoms with Crippen molar-refractivity contribution in [2.75, 3.05) is 25.6 Å². The minimum Gasteiger partial charge on any atom is -0.396 e. The highest BCUT2D eigenvalue weighted by Crippen LogP contribution is 2.12. The van der Waals surface area contributed by atoms with Crippen molar-refractivity contribution < 1.29 is 9.90 Å². The van der Waals surface area contributed by atoms with Crippen LogP contribution in [0.5, 0.6) is 0 Å². The van der Waals surface area contributed by atoms with Gasteiger partial charge in [0.15, 0.2) is 0 Å². The lowest BCUT2D eigenvalue weighted by Gasteiger charge is -2.15. The summed E-state index contributed by atoms with van der Waals surface area (Å²) in [7, 11) is 3.98. The Hall–Kier alpha value is -1.75. The first-order chi connectivity index (χ1) is 9.52. The number of hydrogen-bond acceptors (Lipinski definition) is 3. The summed E-state index contributed by atoms with van der Waals surface area (Å²) < 4.78 is 0. The Morgan fingerprint density at radius 3 is 2.80 bits per heavy atom. The molecule has 1 unspecified atom stereocenters. The molecule has 2 amide bonds. The van der Waals surface area contributed by atoms with Crippen molar-refractivity contribution in [2.45, 2.75) is 32.4 Å². The van der Waals surface area contributed by atoms with Crippen molar-refractivity contribution in [1.29, 1.82) is 0 Å². The monoisotopic (exact) mass is 279 g/mol. The molecule has 0 fully saturated rings. The lowest BCUT2D eigenvalue weighted by atomic mass is 10.2. The minimum absolute atomic E-state index is 0.0651. The van der Waals surface area contributed by atoms with Crippen LogP contribution in [0.2, 0.25) is 0 Å². The van der Waals surface area contributed by atoms with E-state index in [9.17, 15) is 4.79 Å². The van der Waals surface area contributed by atoms with Gasteiger partial charge >= 0.3 is 6.03 Å². The summed E-state index contributed by atoms with van der Waals surface area (Å²) in [6, 6.07) is 7.94. The summed E-state index contributed by atoms with van der Waals surface area (Å²) in [4.78, 5) is 13.7. The molecule has 0 aliphatic carbocycles. The van der Waals surface area contributed by atoms with Crippen LogP contribution in [0.3, 0.4) is 0 Å². The maximum absolute atomic E-state index is 11.7. The smallest absolute Gasteiger partial charge is 0.315 e. The number of nitrogens with zero attached hydrogens (tertiary/aromatic N) is 1. The fourth-order valence-corrected chi connectivity index (χ4v) is 1.87. The van der Waals surface area contributed by atoms with Crippen LogP contribution < -0.4 is 15.5 Å². The van der Waals surface area contributed by atoms with Crippen LogP contribution in [0.25, 0.3) is 0 Å². The molecule has 0 bridgehead atoms. The maximum atomic E-state index is 11.7. The van der Waals surface area contributed by atoms with Crippen LogP contribution in [0.1, 0.15) is 25.3 Å². The summed E-state index contributed by atoms with van der Waals surface area (Å²) in [5, 5.41) is 14.4. The van der Waals surface area contributed by atoms with E-state index in [1.807, 2.05) is 44.1 Å². The molecule has 0 heterocycles. The first kappa shape index (κ1) is 16.3. The maximum Gasteiger partial charge on any atom is 0.315 e. The molecule has 0 radical (unpaired) electrons. The second-order valence-electron chi connectivity index (χ2n) is 5.16. The van der Waals surface area contributed by atoms with E-state index in [1.54, 1.807) is 0 Å². The van der Waals surface area contributed by atoms with Gasteiger partial charge in [-0.05, 0) is 37.5 Å². The van der Waals surface area contributed by atoms with E-state index in [1.165, 1.54) is 0 Å². The van der Waals surface area contributed by atoms with Gasteiger partial charge in [0, 0.05) is 39.0 Å². The molecule has 20 heavy (non-hydrogen) atoms. The molecule has 112 valence electrons. The Morgan fingerprint density at radius 2 is 2.15 bits per heavy atom. The Bertz CT molecular complexity index is 421.